The van der Waals surface area contributed by atoms with Gasteiger partial charge in [0, 0.05) is 20.1 Å². The Morgan fingerprint density at radius 3 is 2.64 bits per heavy atom. The van der Waals surface area contributed by atoms with Crippen molar-refractivity contribution in [3.8, 4) is 0 Å². The van der Waals surface area contributed by atoms with Crippen LogP contribution in [0.25, 0.3) is 0 Å². The van der Waals surface area contributed by atoms with Gasteiger partial charge in [-0.25, -0.2) is 4.79 Å². The van der Waals surface area contributed by atoms with Crippen LogP contribution in [-0.4, -0.2) is 34.6 Å². The molecule has 126 valence electrons. The molecule has 7 heteroatoms. The lowest BCUT2D eigenvalue weighted by molar-refractivity contribution is 0.0528. The Morgan fingerprint density at radius 1 is 1.36 bits per heavy atom. The number of nitrogens with zero attached hydrogens (tertiary/aromatic N) is 2. The SMILES string of the molecule is CCCc1nn(C)c(NCCCNC(=O)OC(C)(C)C)c1N. The van der Waals surface area contributed by atoms with E-state index in [1.54, 1.807) is 4.68 Å². The van der Waals surface area contributed by atoms with Crippen molar-refractivity contribution in [1.29, 1.82) is 0 Å². The summed E-state index contributed by atoms with van der Waals surface area (Å²) in [5, 5.41) is 10.4. The molecule has 0 unspecified atom stereocenters. The molecule has 0 fully saturated rings. The summed E-state index contributed by atoms with van der Waals surface area (Å²) in [7, 11) is 1.87. The van der Waals surface area contributed by atoms with Crippen LogP contribution in [0.4, 0.5) is 16.3 Å². The number of carbonyl (C=O) groups is 1. The first-order valence-electron chi connectivity index (χ1n) is 7.76. The molecule has 0 spiro atoms. The lowest BCUT2D eigenvalue weighted by atomic mass is 10.2. The molecule has 0 aliphatic heterocycles. The molecule has 7 nitrogen and oxygen atoms in total. The lowest BCUT2D eigenvalue weighted by Crippen LogP contribution is -2.33. The first-order valence-corrected chi connectivity index (χ1v) is 7.76. The minimum absolute atomic E-state index is 0.391. The molecule has 22 heavy (non-hydrogen) atoms. The van der Waals surface area contributed by atoms with Crippen LogP contribution < -0.4 is 16.4 Å². The molecule has 0 saturated heterocycles. The average Bonchev–Trinajstić information content (AvgIpc) is 2.64. The van der Waals surface area contributed by atoms with Crippen molar-refractivity contribution >= 4 is 17.6 Å². The summed E-state index contributed by atoms with van der Waals surface area (Å²) in [6.07, 6.45) is 2.27. The molecule has 1 amide bonds. The number of hydrogen-bond acceptors (Lipinski definition) is 5. The van der Waals surface area contributed by atoms with Gasteiger partial charge >= 0.3 is 6.09 Å². The van der Waals surface area contributed by atoms with Crippen molar-refractivity contribution in [2.45, 2.75) is 52.6 Å². The maximum atomic E-state index is 11.5. The Labute approximate surface area is 132 Å². The minimum Gasteiger partial charge on any atom is -0.444 e. The number of ether oxygens (including phenoxy) is 1. The number of carbonyl (C=O) groups excluding carboxylic acids is 1. The summed E-state index contributed by atoms with van der Waals surface area (Å²) in [6, 6.07) is 0. The Kier molecular flexibility index (Phi) is 6.52. The van der Waals surface area contributed by atoms with Gasteiger partial charge in [0.1, 0.15) is 11.4 Å². The molecule has 1 heterocycles. The Balaban J connectivity index is 2.32. The molecule has 1 aromatic heterocycles. The van der Waals surface area contributed by atoms with E-state index in [0.717, 1.165) is 30.8 Å². The maximum Gasteiger partial charge on any atom is 0.407 e. The number of nitrogens with two attached hydrogens (primary N) is 1. The molecule has 0 aromatic carbocycles. The van der Waals surface area contributed by atoms with E-state index in [1.807, 2.05) is 27.8 Å². The van der Waals surface area contributed by atoms with E-state index in [2.05, 4.69) is 22.7 Å². The van der Waals surface area contributed by atoms with Crippen LogP contribution in [0.1, 0.15) is 46.2 Å². The first-order chi connectivity index (χ1) is 10.2. The summed E-state index contributed by atoms with van der Waals surface area (Å²) in [4.78, 5) is 11.5. The summed E-state index contributed by atoms with van der Waals surface area (Å²) in [6.45, 7) is 8.86. The zero-order valence-electron chi connectivity index (χ0n) is 14.3. The first kappa shape index (κ1) is 18.1. The summed E-state index contributed by atoms with van der Waals surface area (Å²) in [5.41, 5.74) is 7.26. The highest BCUT2D eigenvalue weighted by molar-refractivity contribution is 5.67. The van der Waals surface area contributed by atoms with E-state index in [0.29, 0.717) is 18.8 Å². The van der Waals surface area contributed by atoms with Gasteiger partial charge in [0.25, 0.3) is 0 Å². The second kappa shape index (κ2) is 7.91. The Morgan fingerprint density at radius 2 is 2.05 bits per heavy atom. The van der Waals surface area contributed by atoms with Gasteiger partial charge in [-0.1, -0.05) is 13.3 Å². The highest BCUT2D eigenvalue weighted by Crippen LogP contribution is 2.22. The van der Waals surface area contributed by atoms with Crippen LogP contribution in [0, 0.1) is 0 Å². The molecule has 0 saturated carbocycles. The lowest BCUT2D eigenvalue weighted by Gasteiger charge is -2.19. The van der Waals surface area contributed by atoms with Gasteiger partial charge in [-0.05, 0) is 33.6 Å². The molecule has 0 radical (unpaired) electrons. The number of alkyl carbamates (subject to hydrolysis) is 1. The number of amides is 1. The Hall–Kier alpha value is -1.92. The van der Waals surface area contributed by atoms with Crippen molar-refractivity contribution < 1.29 is 9.53 Å². The van der Waals surface area contributed by atoms with Crippen LogP contribution in [0.2, 0.25) is 0 Å². The monoisotopic (exact) mass is 311 g/mol. The second-order valence-corrected chi connectivity index (χ2v) is 6.29. The van der Waals surface area contributed by atoms with E-state index >= 15 is 0 Å². The van der Waals surface area contributed by atoms with E-state index in [-0.39, 0.29) is 0 Å². The zero-order chi connectivity index (χ0) is 16.8. The molecule has 1 aromatic rings. The molecular weight excluding hydrogens is 282 g/mol. The fourth-order valence-corrected chi connectivity index (χ4v) is 2.03. The van der Waals surface area contributed by atoms with E-state index in [9.17, 15) is 4.79 Å². The van der Waals surface area contributed by atoms with Crippen LogP contribution in [0.5, 0.6) is 0 Å². The van der Waals surface area contributed by atoms with Crippen LogP contribution in [0.3, 0.4) is 0 Å². The second-order valence-electron chi connectivity index (χ2n) is 6.29. The van der Waals surface area contributed by atoms with Crippen molar-refractivity contribution in [1.82, 2.24) is 15.1 Å². The standard InChI is InChI=1S/C15H29N5O2/c1-6-8-11-12(16)13(20(5)19-11)17-9-7-10-18-14(21)22-15(2,3)4/h17H,6-10,16H2,1-5H3,(H,18,21). The number of rotatable bonds is 7. The smallest absolute Gasteiger partial charge is 0.407 e. The van der Waals surface area contributed by atoms with Gasteiger partial charge in [0.05, 0.1) is 11.4 Å². The fraction of sp³-hybridized carbons (Fsp3) is 0.733. The number of aromatic nitrogens is 2. The van der Waals surface area contributed by atoms with Crippen molar-refractivity contribution in [3.63, 3.8) is 0 Å². The predicted octanol–water partition coefficient (Wildman–Crippen LogP) is 2.28. The van der Waals surface area contributed by atoms with Crippen LogP contribution >= 0.6 is 0 Å². The summed E-state index contributed by atoms with van der Waals surface area (Å²) >= 11 is 0. The van der Waals surface area contributed by atoms with Crippen molar-refractivity contribution in [2.24, 2.45) is 7.05 Å². The predicted molar refractivity (Wildman–Crippen MR) is 89.0 cm³/mol. The van der Waals surface area contributed by atoms with E-state index < -0.39 is 11.7 Å². The number of hydrogen-bond donors (Lipinski definition) is 3. The molecular formula is C15H29N5O2. The van der Waals surface area contributed by atoms with Gasteiger partial charge < -0.3 is 21.1 Å². The average molecular weight is 311 g/mol. The normalized spacial score (nSPS) is 11.3. The minimum atomic E-state index is -0.471. The Bertz CT molecular complexity index is 491. The third-order valence-electron chi connectivity index (χ3n) is 2.96. The van der Waals surface area contributed by atoms with Gasteiger partial charge in [-0.2, -0.15) is 5.10 Å². The van der Waals surface area contributed by atoms with E-state index in [1.165, 1.54) is 0 Å². The number of anilines is 2. The third-order valence-corrected chi connectivity index (χ3v) is 2.96. The number of nitrogen functional groups attached to an aromatic ring is 1. The van der Waals surface area contributed by atoms with Crippen molar-refractivity contribution in [2.75, 3.05) is 24.1 Å². The molecule has 0 atom stereocenters. The van der Waals surface area contributed by atoms with Crippen molar-refractivity contribution in [3.05, 3.63) is 5.69 Å². The highest BCUT2D eigenvalue weighted by Gasteiger charge is 2.15. The quantitative estimate of drug-likeness (QED) is 0.672. The molecule has 0 aliphatic rings. The van der Waals surface area contributed by atoms with Crippen LogP contribution in [0.15, 0.2) is 0 Å². The third kappa shape index (κ3) is 5.83. The summed E-state index contributed by atoms with van der Waals surface area (Å²) < 4.78 is 6.93. The molecule has 1 rings (SSSR count). The van der Waals surface area contributed by atoms with Crippen LogP contribution in [-0.2, 0) is 18.2 Å². The maximum absolute atomic E-state index is 11.5. The topological polar surface area (TPSA) is 94.2 Å². The molecule has 0 aliphatic carbocycles. The largest absolute Gasteiger partial charge is 0.444 e. The zero-order valence-corrected chi connectivity index (χ0v) is 14.3. The van der Waals surface area contributed by atoms with Gasteiger partial charge in [-0.15, -0.1) is 0 Å². The summed E-state index contributed by atoms with van der Waals surface area (Å²) in [5.74, 6) is 0.834. The number of nitrogens with one attached hydrogen (secondary N) is 2. The molecule has 4 N–H and O–H groups in total. The highest BCUT2D eigenvalue weighted by atomic mass is 16.6. The van der Waals surface area contributed by atoms with Gasteiger partial charge in [0.15, 0.2) is 0 Å². The number of aryl methyl sites for hydroxylation is 2. The molecule has 0 bridgehead atoms. The van der Waals surface area contributed by atoms with Gasteiger partial charge in [-0.3, -0.25) is 4.68 Å². The van der Waals surface area contributed by atoms with E-state index in [4.69, 9.17) is 10.5 Å². The fourth-order valence-electron chi connectivity index (χ4n) is 2.03. The van der Waals surface area contributed by atoms with Gasteiger partial charge in [0.2, 0.25) is 0 Å².